The third-order valence-electron chi connectivity index (χ3n) is 3.76. The molecule has 0 bridgehead atoms. The fourth-order valence-corrected chi connectivity index (χ4v) is 2.89. The molecule has 0 saturated carbocycles. The number of rotatable bonds is 4. The molecule has 19 heavy (non-hydrogen) atoms. The lowest BCUT2D eigenvalue weighted by molar-refractivity contribution is -0.131. The maximum absolute atomic E-state index is 12.1. The Morgan fingerprint density at radius 1 is 1.42 bits per heavy atom. The van der Waals surface area contributed by atoms with E-state index in [9.17, 15) is 4.79 Å². The van der Waals surface area contributed by atoms with Gasteiger partial charge in [0.05, 0.1) is 12.2 Å². The number of pyridine rings is 1. The van der Waals surface area contributed by atoms with Gasteiger partial charge in [0.2, 0.25) is 5.91 Å². The molecule has 1 unspecified atom stereocenters. The van der Waals surface area contributed by atoms with Crippen LogP contribution in [-0.4, -0.2) is 22.3 Å². The lowest BCUT2D eigenvalue weighted by atomic mass is 9.96. The summed E-state index contributed by atoms with van der Waals surface area (Å²) in [5.41, 5.74) is 0.963. The minimum atomic E-state index is 0.281. The summed E-state index contributed by atoms with van der Waals surface area (Å²) < 4.78 is 0.974. The summed E-state index contributed by atoms with van der Waals surface area (Å²) >= 11 is 3.38. The van der Waals surface area contributed by atoms with Crippen molar-refractivity contribution in [3.8, 4) is 0 Å². The van der Waals surface area contributed by atoms with Gasteiger partial charge in [-0.3, -0.25) is 9.78 Å². The Bertz CT molecular complexity index is 419. The van der Waals surface area contributed by atoms with Crippen LogP contribution in [0.3, 0.4) is 0 Å². The summed E-state index contributed by atoms with van der Waals surface area (Å²) in [5.74, 6) is 1.00. The van der Waals surface area contributed by atoms with Gasteiger partial charge in [-0.1, -0.05) is 19.8 Å². The molecule has 1 aliphatic heterocycles. The van der Waals surface area contributed by atoms with Crippen LogP contribution in [-0.2, 0) is 11.3 Å². The zero-order valence-corrected chi connectivity index (χ0v) is 13.0. The molecular formula is C15H21BrN2O. The van der Waals surface area contributed by atoms with Crippen LogP contribution in [0.25, 0.3) is 0 Å². The van der Waals surface area contributed by atoms with Gasteiger partial charge in [-0.2, -0.15) is 0 Å². The predicted octanol–water partition coefficient (Wildman–Crippen LogP) is 3.77. The molecule has 1 fully saturated rings. The molecular weight excluding hydrogens is 304 g/mol. The third kappa shape index (κ3) is 4.30. The first-order valence-electron chi connectivity index (χ1n) is 7.07. The van der Waals surface area contributed by atoms with Crippen LogP contribution in [0.5, 0.6) is 0 Å². The molecule has 0 spiro atoms. The standard InChI is InChI=1S/C15H21BrN2O/c1-2-3-12-4-7-15(19)18(9-8-12)11-14-6-5-13(16)10-17-14/h5-6,10,12H,2-4,7-9,11H2,1H3. The van der Waals surface area contributed by atoms with E-state index in [1.54, 1.807) is 6.20 Å². The molecule has 104 valence electrons. The predicted molar refractivity (Wildman–Crippen MR) is 79.6 cm³/mol. The van der Waals surface area contributed by atoms with E-state index in [1.807, 2.05) is 17.0 Å². The third-order valence-corrected chi connectivity index (χ3v) is 4.23. The highest BCUT2D eigenvalue weighted by molar-refractivity contribution is 9.10. The van der Waals surface area contributed by atoms with Gasteiger partial charge < -0.3 is 4.90 Å². The summed E-state index contributed by atoms with van der Waals surface area (Å²) in [4.78, 5) is 18.4. The van der Waals surface area contributed by atoms with E-state index in [0.29, 0.717) is 13.0 Å². The molecule has 1 saturated heterocycles. The number of nitrogens with zero attached hydrogens (tertiary/aromatic N) is 2. The van der Waals surface area contributed by atoms with E-state index >= 15 is 0 Å². The van der Waals surface area contributed by atoms with Crippen LogP contribution in [0.2, 0.25) is 0 Å². The van der Waals surface area contributed by atoms with Crippen molar-refractivity contribution in [1.82, 2.24) is 9.88 Å². The van der Waals surface area contributed by atoms with E-state index in [2.05, 4.69) is 27.8 Å². The number of aromatic nitrogens is 1. The number of carbonyl (C=O) groups excluding carboxylic acids is 1. The van der Waals surface area contributed by atoms with Crippen molar-refractivity contribution < 1.29 is 4.79 Å². The average molecular weight is 325 g/mol. The summed E-state index contributed by atoms with van der Waals surface area (Å²) in [6.45, 7) is 3.74. The fourth-order valence-electron chi connectivity index (χ4n) is 2.65. The first-order valence-corrected chi connectivity index (χ1v) is 7.86. The lowest BCUT2D eigenvalue weighted by Crippen LogP contribution is -2.30. The molecule has 2 rings (SSSR count). The molecule has 4 heteroatoms. The van der Waals surface area contributed by atoms with E-state index in [1.165, 1.54) is 12.8 Å². The molecule has 3 nitrogen and oxygen atoms in total. The SMILES string of the molecule is CCCC1CCC(=O)N(Cc2ccc(Br)cn2)CC1. The minimum absolute atomic E-state index is 0.281. The zero-order valence-electron chi connectivity index (χ0n) is 11.4. The molecule has 1 atom stereocenters. The van der Waals surface area contributed by atoms with Crippen molar-refractivity contribution in [3.05, 3.63) is 28.5 Å². The quantitative estimate of drug-likeness (QED) is 0.844. The molecule has 1 aromatic rings. The maximum atomic E-state index is 12.1. The number of carbonyl (C=O) groups is 1. The number of hydrogen-bond donors (Lipinski definition) is 0. The lowest BCUT2D eigenvalue weighted by Gasteiger charge is -2.20. The largest absolute Gasteiger partial charge is 0.337 e. The van der Waals surface area contributed by atoms with Crippen molar-refractivity contribution in [2.45, 2.75) is 45.6 Å². The highest BCUT2D eigenvalue weighted by Gasteiger charge is 2.22. The Balaban J connectivity index is 1.95. The van der Waals surface area contributed by atoms with Gasteiger partial charge in [0, 0.05) is 23.6 Å². The summed E-state index contributed by atoms with van der Waals surface area (Å²) in [6.07, 6.45) is 7.14. The molecule has 0 radical (unpaired) electrons. The molecule has 1 aliphatic rings. The van der Waals surface area contributed by atoms with Gasteiger partial charge in [-0.05, 0) is 46.8 Å². The van der Waals surface area contributed by atoms with Gasteiger partial charge in [-0.25, -0.2) is 0 Å². The Labute approximate surface area is 123 Å². The van der Waals surface area contributed by atoms with Crippen LogP contribution < -0.4 is 0 Å². The average Bonchev–Trinajstić information content (AvgIpc) is 2.57. The van der Waals surface area contributed by atoms with Gasteiger partial charge in [-0.15, -0.1) is 0 Å². The van der Waals surface area contributed by atoms with Gasteiger partial charge in [0.15, 0.2) is 0 Å². The van der Waals surface area contributed by atoms with Crippen molar-refractivity contribution in [2.24, 2.45) is 5.92 Å². The number of amides is 1. The Morgan fingerprint density at radius 3 is 2.95 bits per heavy atom. The molecule has 2 heterocycles. The zero-order chi connectivity index (χ0) is 13.7. The van der Waals surface area contributed by atoms with Crippen molar-refractivity contribution in [2.75, 3.05) is 6.54 Å². The van der Waals surface area contributed by atoms with Gasteiger partial charge in [0.25, 0.3) is 0 Å². The second-order valence-electron chi connectivity index (χ2n) is 5.27. The van der Waals surface area contributed by atoms with Crippen molar-refractivity contribution >= 4 is 21.8 Å². The normalized spacial score (nSPS) is 20.4. The molecule has 1 aromatic heterocycles. The second-order valence-corrected chi connectivity index (χ2v) is 6.18. The Kier molecular flexibility index (Phi) is 5.37. The maximum Gasteiger partial charge on any atom is 0.222 e. The fraction of sp³-hybridized carbons (Fsp3) is 0.600. The number of halogens is 1. The van der Waals surface area contributed by atoms with E-state index in [-0.39, 0.29) is 5.91 Å². The Hall–Kier alpha value is -0.900. The second kappa shape index (κ2) is 7.04. The van der Waals surface area contributed by atoms with Crippen LogP contribution in [0, 0.1) is 5.92 Å². The smallest absolute Gasteiger partial charge is 0.222 e. The van der Waals surface area contributed by atoms with Crippen molar-refractivity contribution in [1.29, 1.82) is 0 Å². The van der Waals surface area contributed by atoms with Crippen LogP contribution in [0.1, 0.15) is 44.7 Å². The van der Waals surface area contributed by atoms with E-state index in [4.69, 9.17) is 0 Å². The summed E-state index contributed by atoms with van der Waals surface area (Å²) in [7, 11) is 0. The van der Waals surface area contributed by atoms with Crippen LogP contribution in [0.15, 0.2) is 22.8 Å². The highest BCUT2D eigenvalue weighted by Crippen LogP contribution is 2.23. The highest BCUT2D eigenvalue weighted by atomic mass is 79.9. The summed E-state index contributed by atoms with van der Waals surface area (Å²) in [6, 6.07) is 3.95. The van der Waals surface area contributed by atoms with Crippen LogP contribution in [0.4, 0.5) is 0 Å². The number of hydrogen-bond acceptors (Lipinski definition) is 2. The number of likely N-dealkylation sites (tertiary alicyclic amines) is 1. The van der Waals surface area contributed by atoms with Crippen molar-refractivity contribution in [3.63, 3.8) is 0 Å². The first-order chi connectivity index (χ1) is 9.19. The summed E-state index contributed by atoms with van der Waals surface area (Å²) in [5, 5.41) is 0. The monoisotopic (exact) mass is 324 g/mol. The first kappa shape index (κ1) is 14.5. The topological polar surface area (TPSA) is 33.2 Å². The molecule has 0 N–H and O–H groups in total. The van der Waals surface area contributed by atoms with E-state index < -0.39 is 0 Å². The van der Waals surface area contributed by atoms with E-state index in [0.717, 1.165) is 35.5 Å². The molecule has 1 amide bonds. The van der Waals surface area contributed by atoms with Crippen LogP contribution >= 0.6 is 15.9 Å². The Morgan fingerprint density at radius 2 is 2.26 bits per heavy atom. The minimum Gasteiger partial charge on any atom is -0.337 e. The molecule has 0 aliphatic carbocycles. The van der Waals surface area contributed by atoms with Gasteiger partial charge in [0.1, 0.15) is 0 Å². The van der Waals surface area contributed by atoms with Gasteiger partial charge >= 0.3 is 0 Å². The molecule has 0 aromatic carbocycles.